The summed E-state index contributed by atoms with van der Waals surface area (Å²) in [5, 5.41) is 0. The predicted molar refractivity (Wildman–Crippen MR) is 124 cm³/mol. The zero-order valence-corrected chi connectivity index (χ0v) is 20.0. The van der Waals surface area contributed by atoms with Gasteiger partial charge < -0.3 is 9.47 Å². The Morgan fingerprint density at radius 1 is 0.875 bits per heavy atom. The van der Waals surface area contributed by atoms with Crippen LogP contribution >= 0.6 is 0 Å². The number of hydrogen-bond acceptors (Lipinski definition) is 3. The molecule has 0 saturated heterocycles. The molecule has 0 N–H and O–H groups in total. The molecule has 2 unspecified atom stereocenters. The Hall–Kier alpha value is -0.970. The number of hydrogen-bond donors (Lipinski definition) is 0. The minimum absolute atomic E-state index is 0.148. The van der Waals surface area contributed by atoms with Crippen LogP contribution in [-0.4, -0.2) is 37.6 Å². The highest BCUT2D eigenvalue weighted by atomic mass is 19.1. The van der Waals surface area contributed by atoms with Crippen molar-refractivity contribution in [3.05, 3.63) is 12.7 Å². The number of alkyl halides is 2. The zero-order chi connectivity index (χ0) is 22.9. The maximum absolute atomic E-state index is 14.8. The Balaban J connectivity index is 1.35. The highest BCUT2D eigenvalue weighted by molar-refractivity contribution is 5.81. The van der Waals surface area contributed by atoms with E-state index in [1.54, 1.807) is 0 Å². The Bertz CT molecular complexity index is 555. The second kappa shape index (κ2) is 13.1. The molecule has 2 atom stereocenters. The average Bonchev–Trinajstić information content (AvgIpc) is 2.81. The Kier molecular flexibility index (Phi) is 10.5. The number of carbonyl (C=O) groups excluding carboxylic acids is 1. The lowest BCUT2D eigenvalue weighted by Crippen LogP contribution is -2.44. The van der Waals surface area contributed by atoms with Crippen molar-refractivity contribution in [1.29, 1.82) is 0 Å². The molecule has 0 bridgehead atoms. The van der Waals surface area contributed by atoms with Crippen LogP contribution in [0.25, 0.3) is 0 Å². The lowest BCUT2D eigenvalue weighted by atomic mass is 9.65. The molecule has 0 heterocycles. The van der Waals surface area contributed by atoms with Gasteiger partial charge >= 0.3 is 5.97 Å². The third kappa shape index (κ3) is 7.27. The summed E-state index contributed by atoms with van der Waals surface area (Å²) in [4.78, 5) is 11.0. The first-order valence-electron chi connectivity index (χ1n) is 13.2. The summed E-state index contributed by atoms with van der Waals surface area (Å²) in [6.45, 7) is 6.00. The topological polar surface area (TPSA) is 35.5 Å². The van der Waals surface area contributed by atoms with Gasteiger partial charge in [-0.25, -0.2) is 13.6 Å². The number of ether oxygens (including phenoxy) is 2. The number of esters is 1. The van der Waals surface area contributed by atoms with Crippen LogP contribution in [0.1, 0.15) is 90.4 Å². The summed E-state index contributed by atoms with van der Waals surface area (Å²) in [6.07, 6.45) is 12.0. The molecule has 0 spiro atoms. The molecular weight excluding hydrogens is 410 g/mol. The molecule has 0 aromatic rings. The normalized spacial score (nSPS) is 38.2. The Labute approximate surface area is 193 Å². The standard InChI is InChI=1S/C27H44F2O3/c1-3-6-19-7-9-20(10-8-19)21-11-13-22(14-12-21)23-17-24(28)27(25(29)18-23)32-16-5-15-31-26(30)4-2/h4,19-25,27H,2-3,5-18H2,1H3. The first kappa shape index (κ1) is 25.6. The molecule has 3 nitrogen and oxygen atoms in total. The van der Waals surface area contributed by atoms with Gasteiger partial charge in [-0.1, -0.05) is 39.2 Å². The molecule has 0 aromatic heterocycles. The fourth-order valence-electron chi connectivity index (χ4n) is 6.72. The van der Waals surface area contributed by atoms with Crippen LogP contribution < -0.4 is 0 Å². The second-order valence-electron chi connectivity index (χ2n) is 10.6. The molecule has 3 fully saturated rings. The fourth-order valence-corrected chi connectivity index (χ4v) is 6.72. The summed E-state index contributed by atoms with van der Waals surface area (Å²) >= 11 is 0. The van der Waals surface area contributed by atoms with Gasteiger partial charge in [0.2, 0.25) is 0 Å². The van der Waals surface area contributed by atoms with Crippen molar-refractivity contribution in [2.45, 2.75) is 109 Å². The number of carbonyl (C=O) groups is 1. The van der Waals surface area contributed by atoms with E-state index in [1.165, 1.54) is 51.4 Å². The van der Waals surface area contributed by atoms with Gasteiger partial charge in [-0.2, -0.15) is 0 Å². The van der Waals surface area contributed by atoms with E-state index >= 15 is 0 Å². The molecule has 0 radical (unpaired) electrons. The van der Waals surface area contributed by atoms with E-state index in [0.29, 0.717) is 25.2 Å². The van der Waals surface area contributed by atoms with Crippen LogP contribution in [0.15, 0.2) is 12.7 Å². The van der Waals surface area contributed by atoms with Gasteiger partial charge in [0, 0.05) is 12.5 Å². The summed E-state index contributed by atoms with van der Waals surface area (Å²) in [6, 6.07) is 0. The van der Waals surface area contributed by atoms with Gasteiger partial charge in [0.1, 0.15) is 18.4 Å². The van der Waals surface area contributed by atoms with Gasteiger partial charge in [0.15, 0.2) is 0 Å². The SMILES string of the molecule is C=CC(=O)OCCCOC1C(F)CC(C2CCC(C3CCC(CCC)CC3)CC2)CC1F. The smallest absolute Gasteiger partial charge is 0.330 e. The minimum atomic E-state index is -1.24. The predicted octanol–water partition coefficient (Wildman–Crippen LogP) is 6.99. The van der Waals surface area contributed by atoms with Crippen LogP contribution in [-0.2, 0) is 14.3 Å². The van der Waals surface area contributed by atoms with E-state index in [0.717, 1.165) is 36.7 Å². The van der Waals surface area contributed by atoms with E-state index < -0.39 is 24.4 Å². The van der Waals surface area contributed by atoms with E-state index in [9.17, 15) is 13.6 Å². The highest BCUT2D eigenvalue weighted by Gasteiger charge is 2.43. The fraction of sp³-hybridized carbons (Fsp3) is 0.889. The molecule has 32 heavy (non-hydrogen) atoms. The van der Waals surface area contributed by atoms with Crippen LogP contribution in [0.3, 0.4) is 0 Å². The van der Waals surface area contributed by atoms with Gasteiger partial charge in [-0.3, -0.25) is 0 Å². The Morgan fingerprint density at radius 2 is 1.41 bits per heavy atom. The molecule has 0 amide bonds. The summed E-state index contributed by atoms with van der Waals surface area (Å²) in [5.41, 5.74) is 0. The maximum Gasteiger partial charge on any atom is 0.330 e. The van der Waals surface area contributed by atoms with Gasteiger partial charge in [0.05, 0.1) is 13.2 Å². The van der Waals surface area contributed by atoms with Crippen LogP contribution in [0.4, 0.5) is 8.78 Å². The van der Waals surface area contributed by atoms with Crippen molar-refractivity contribution in [3.8, 4) is 0 Å². The number of halogens is 2. The van der Waals surface area contributed by atoms with E-state index in [1.807, 2.05) is 0 Å². The maximum atomic E-state index is 14.8. The zero-order valence-electron chi connectivity index (χ0n) is 20.0. The molecular formula is C27H44F2O3. The van der Waals surface area contributed by atoms with E-state index in [2.05, 4.69) is 13.5 Å². The quantitative estimate of drug-likeness (QED) is 0.203. The average molecular weight is 455 g/mol. The van der Waals surface area contributed by atoms with Gasteiger partial charge in [-0.15, -0.1) is 0 Å². The molecule has 3 aliphatic rings. The summed E-state index contributed by atoms with van der Waals surface area (Å²) < 4.78 is 40.0. The lowest BCUT2D eigenvalue weighted by molar-refractivity contribution is -0.139. The van der Waals surface area contributed by atoms with Gasteiger partial charge in [-0.05, 0) is 81.0 Å². The monoisotopic (exact) mass is 454 g/mol. The molecule has 5 heteroatoms. The Morgan fingerprint density at radius 3 is 1.94 bits per heavy atom. The molecule has 0 aliphatic heterocycles. The minimum Gasteiger partial charge on any atom is -0.462 e. The molecule has 3 rings (SSSR count). The highest BCUT2D eigenvalue weighted by Crippen LogP contribution is 2.46. The molecule has 184 valence electrons. The third-order valence-electron chi connectivity index (χ3n) is 8.52. The lowest BCUT2D eigenvalue weighted by Gasteiger charge is -2.42. The third-order valence-corrected chi connectivity index (χ3v) is 8.52. The number of rotatable bonds is 10. The van der Waals surface area contributed by atoms with E-state index in [-0.39, 0.29) is 19.1 Å². The van der Waals surface area contributed by atoms with Crippen molar-refractivity contribution in [1.82, 2.24) is 0 Å². The van der Waals surface area contributed by atoms with Gasteiger partial charge in [0.25, 0.3) is 0 Å². The molecule has 0 aromatic carbocycles. The molecule has 3 aliphatic carbocycles. The van der Waals surface area contributed by atoms with Crippen molar-refractivity contribution in [3.63, 3.8) is 0 Å². The first-order chi connectivity index (χ1) is 15.5. The largest absolute Gasteiger partial charge is 0.462 e. The van der Waals surface area contributed by atoms with Crippen molar-refractivity contribution >= 4 is 5.97 Å². The summed E-state index contributed by atoms with van der Waals surface area (Å²) in [5.74, 6) is 2.81. The first-order valence-corrected chi connectivity index (χ1v) is 13.2. The van der Waals surface area contributed by atoms with Crippen molar-refractivity contribution < 1.29 is 23.0 Å². The van der Waals surface area contributed by atoms with Crippen molar-refractivity contribution in [2.24, 2.45) is 29.6 Å². The van der Waals surface area contributed by atoms with Crippen LogP contribution in [0.5, 0.6) is 0 Å². The van der Waals surface area contributed by atoms with Crippen molar-refractivity contribution in [2.75, 3.05) is 13.2 Å². The molecule has 3 saturated carbocycles. The van der Waals surface area contributed by atoms with E-state index in [4.69, 9.17) is 9.47 Å². The van der Waals surface area contributed by atoms with Crippen LogP contribution in [0, 0.1) is 29.6 Å². The summed E-state index contributed by atoms with van der Waals surface area (Å²) in [7, 11) is 0. The van der Waals surface area contributed by atoms with Crippen LogP contribution in [0.2, 0.25) is 0 Å². The second-order valence-corrected chi connectivity index (χ2v) is 10.6.